The van der Waals surface area contributed by atoms with E-state index in [1.165, 1.54) is 98.1 Å². The predicted octanol–water partition coefficient (Wildman–Crippen LogP) is 15.8. The molecule has 0 saturated heterocycles. The summed E-state index contributed by atoms with van der Waals surface area (Å²) < 4.78 is 5.06. The van der Waals surface area contributed by atoms with Gasteiger partial charge in [0.15, 0.2) is 0 Å². The zero-order valence-electron chi connectivity index (χ0n) is 35.3. The van der Waals surface area contributed by atoms with Gasteiger partial charge in [-0.1, -0.05) is 139 Å². The van der Waals surface area contributed by atoms with Crippen LogP contribution in [-0.2, 0) is 10.8 Å². The molecule has 0 unspecified atom stereocenters. The van der Waals surface area contributed by atoms with Crippen LogP contribution in [0.25, 0.3) is 98.0 Å². The standard InChI is InChI=1S/C57H44N4/c1-56(2,3)35-28-43-41-26-25-33-17-13-15-23-39(33)50(41)61-51(43)45(30-35)46-32-48-49(58-55(46)61)47-31-36(57(4,5)6)29-44-42-27-34-18-14-16-24-40(34)53(54(42)60(48)52(44)47)59(37-19-9-7-10-20-37)38-21-11-8-12-22-38/h7-32H,1-6H3. The summed E-state index contributed by atoms with van der Waals surface area (Å²) in [6, 6.07) is 58.8. The summed E-state index contributed by atoms with van der Waals surface area (Å²) in [7, 11) is 0. The molecule has 4 heteroatoms. The van der Waals surface area contributed by atoms with Gasteiger partial charge in [-0.05, 0) is 93.4 Å². The molecular formula is C57H44N4. The molecule has 8 aromatic carbocycles. The second kappa shape index (κ2) is 11.8. The first-order chi connectivity index (χ1) is 29.5. The molecule has 0 fully saturated rings. The van der Waals surface area contributed by atoms with E-state index in [9.17, 15) is 0 Å². The first-order valence-electron chi connectivity index (χ1n) is 21.6. The molecule has 4 nitrogen and oxygen atoms in total. The molecule has 13 aromatic rings. The lowest BCUT2D eigenvalue weighted by molar-refractivity contribution is 0.591. The second-order valence-electron chi connectivity index (χ2n) is 19.3. The van der Waals surface area contributed by atoms with E-state index in [0.29, 0.717) is 0 Å². The van der Waals surface area contributed by atoms with Crippen molar-refractivity contribution in [1.82, 2.24) is 13.8 Å². The van der Waals surface area contributed by atoms with Crippen molar-refractivity contribution >= 4 is 115 Å². The third-order valence-electron chi connectivity index (χ3n) is 13.6. The van der Waals surface area contributed by atoms with Gasteiger partial charge in [0.05, 0.1) is 38.8 Å². The van der Waals surface area contributed by atoms with Crippen molar-refractivity contribution in [2.75, 3.05) is 4.90 Å². The van der Waals surface area contributed by atoms with Gasteiger partial charge in [-0.2, -0.15) is 0 Å². The summed E-state index contributed by atoms with van der Waals surface area (Å²) in [6.45, 7) is 14.0. The Morgan fingerprint density at radius 1 is 0.393 bits per heavy atom. The van der Waals surface area contributed by atoms with Crippen LogP contribution in [0.5, 0.6) is 0 Å². The van der Waals surface area contributed by atoms with Crippen molar-refractivity contribution in [3.63, 3.8) is 0 Å². The first-order valence-corrected chi connectivity index (χ1v) is 21.6. The molecule has 0 atom stereocenters. The maximum Gasteiger partial charge on any atom is 0.146 e. The van der Waals surface area contributed by atoms with Gasteiger partial charge < -0.3 is 9.30 Å². The fourth-order valence-electron chi connectivity index (χ4n) is 10.6. The Kier molecular flexibility index (Phi) is 6.69. The molecule has 5 aromatic heterocycles. The van der Waals surface area contributed by atoms with E-state index in [1.54, 1.807) is 0 Å². The minimum absolute atomic E-state index is 0.0421. The zero-order chi connectivity index (χ0) is 41.1. The van der Waals surface area contributed by atoms with Crippen molar-refractivity contribution in [2.24, 2.45) is 0 Å². The molecule has 0 radical (unpaired) electrons. The van der Waals surface area contributed by atoms with E-state index in [4.69, 9.17) is 4.98 Å². The number of aromatic nitrogens is 3. The lowest BCUT2D eigenvalue weighted by atomic mass is 9.85. The summed E-state index contributed by atoms with van der Waals surface area (Å²) in [5, 5.41) is 13.6. The van der Waals surface area contributed by atoms with Gasteiger partial charge >= 0.3 is 0 Å². The van der Waals surface area contributed by atoms with Crippen LogP contribution in [0, 0.1) is 0 Å². The largest absolute Gasteiger partial charge is 0.308 e. The number of hydrogen-bond acceptors (Lipinski definition) is 2. The molecular weight excluding hydrogens is 741 g/mol. The highest BCUT2D eigenvalue weighted by Crippen LogP contribution is 2.51. The Morgan fingerprint density at radius 3 is 1.56 bits per heavy atom. The molecule has 292 valence electrons. The average Bonchev–Trinajstić information content (AvgIpc) is 3.98. The predicted molar refractivity (Wildman–Crippen MR) is 261 cm³/mol. The van der Waals surface area contributed by atoms with Crippen LogP contribution < -0.4 is 4.90 Å². The summed E-state index contributed by atoms with van der Waals surface area (Å²) in [6.07, 6.45) is 0. The first kappa shape index (κ1) is 34.7. The second-order valence-corrected chi connectivity index (χ2v) is 19.3. The number of anilines is 3. The van der Waals surface area contributed by atoms with E-state index >= 15 is 0 Å². The summed E-state index contributed by atoms with van der Waals surface area (Å²) in [5.74, 6) is 0. The number of rotatable bonds is 3. The van der Waals surface area contributed by atoms with Crippen LogP contribution >= 0.6 is 0 Å². The number of benzene rings is 8. The van der Waals surface area contributed by atoms with Crippen molar-refractivity contribution < 1.29 is 0 Å². The van der Waals surface area contributed by atoms with Crippen molar-refractivity contribution in [3.8, 4) is 0 Å². The molecule has 61 heavy (non-hydrogen) atoms. The van der Waals surface area contributed by atoms with Crippen LogP contribution in [0.15, 0.2) is 158 Å². The summed E-state index contributed by atoms with van der Waals surface area (Å²) in [5.41, 5.74) is 14.0. The number of para-hydroxylation sites is 2. The van der Waals surface area contributed by atoms with Gasteiger partial charge in [-0.15, -0.1) is 0 Å². The Bertz CT molecular complexity index is 3890. The smallest absolute Gasteiger partial charge is 0.146 e. The van der Waals surface area contributed by atoms with Crippen molar-refractivity contribution in [2.45, 2.75) is 52.4 Å². The molecule has 0 aliphatic heterocycles. The molecule has 0 saturated carbocycles. The fraction of sp³-hybridized carbons (Fsp3) is 0.140. The Hall–Kier alpha value is -7.17. The van der Waals surface area contributed by atoms with E-state index < -0.39 is 0 Å². The van der Waals surface area contributed by atoms with E-state index in [-0.39, 0.29) is 10.8 Å². The highest BCUT2D eigenvalue weighted by molar-refractivity contribution is 6.31. The topological polar surface area (TPSA) is 25.0 Å². The quantitative estimate of drug-likeness (QED) is 0.178. The van der Waals surface area contributed by atoms with Gasteiger partial charge in [-0.3, -0.25) is 4.40 Å². The number of fused-ring (bicyclic) bond motifs is 15. The van der Waals surface area contributed by atoms with Crippen LogP contribution in [0.2, 0.25) is 0 Å². The minimum atomic E-state index is -0.0836. The molecule has 0 amide bonds. The van der Waals surface area contributed by atoms with Crippen LogP contribution in [0.4, 0.5) is 17.1 Å². The van der Waals surface area contributed by atoms with Crippen molar-refractivity contribution in [1.29, 1.82) is 0 Å². The van der Waals surface area contributed by atoms with E-state index in [2.05, 4.69) is 213 Å². The van der Waals surface area contributed by atoms with Gasteiger partial charge in [0.25, 0.3) is 0 Å². The lowest BCUT2D eigenvalue weighted by Crippen LogP contribution is -2.11. The Balaban J connectivity index is 1.29. The fourth-order valence-corrected chi connectivity index (χ4v) is 10.6. The number of pyridine rings is 1. The third-order valence-corrected chi connectivity index (χ3v) is 13.6. The molecule has 0 spiro atoms. The van der Waals surface area contributed by atoms with Gasteiger partial charge in [0.2, 0.25) is 0 Å². The Labute approximate surface area is 353 Å². The monoisotopic (exact) mass is 784 g/mol. The number of hydrogen-bond donors (Lipinski definition) is 0. The van der Waals surface area contributed by atoms with E-state index in [1.807, 2.05) is 0 Å². The van der Waals surface area contributed by atoms with E-state index in [0.717, 1.165) is 28.1 Å². The minimum Gasteiger partial charge on any atom is -0.308 e. The SMILES string of the molecule is CC(C)(C)c1cc2c3cc4ccccc4c(N(c4ccccc4)c4ccccc4)c3n3c4cc5c6cc(C(C)(C)C)cc7c8ccc9ccccc9c8n(c5nc4c(c1)c23)c67. The third kappa shape index (κ3) is 4.62. The highest BCUT2D eigenvalue weighted by Gasteiger charge is 2.30. The van der Waals surface area contributed by atoms with Crippen molar-refractivity contribution in [3.05, 3.63) is 169 Å². The summed E-state index contributed by atoms with van der Waals surface area (Å²) >= 11 is 0. The van der Waals surface area contributed by atoms with Gasteiger partial charge in [-0.25, -0.2) is 4.98 Å². The average molecular weight is 785 g/mol. The highest BCUT2D eigenvalue weighted by atomic mass is 15.2. The van der Waals surface area contributed by atoms with Gasteiger partial charge in [0.1, 0.15) is 5.65 Å². The summed E-state index contributed by atoms with van der Waals surface area (Å²) in [4.78, 5) is 8.39. The maximum absolute atomic E-state index is 5.92. The number of nitrogens with zero attached hydrogens (tertiary/aromatic N) is 4. The maximum atomic E-state index is 5.92. The lowest BCUT2D eigenvalue weighted by Gasteiger charge is -2.28. The molecule has 13 rings (SSSR count). The van der Waals surface area contributed by atoms with Gasteiger partial charge in [0, 0.05) is 59.9 Å². The molecule has 0 bridgehead atoms. The van der Waals surface area contributed by atoms with Crippen LogP contribution in [0.1, 0.15) is 52.7 Å². The van der Waals surface area contributed by atoms with Crippen LogP contribution in [-0.4, -0.2) is 13.8 Å². The molecule has 5 heterocycles. The molecule has 0 aliphatic carbocycles. The zero-order valence-corrected chi connectivity index (χ0v) is 35.3. The Morgan fingerprint density at radius 2 is 0.902 bits per heavy atom. The molecule has 0 N–H and O–H groups in total. The normalized spacial score (nSPS) is 13.1. The molecule has 0 aliphatic rings. The van der Waals surface area contributed by atoms with Crippen LogP contribution in [0.3, 0.4) is 0 Å².